The number of aliphatic hydroxyl groups excluding tert-OH is 1. The van der Waals surface area contributed by atoms with Gasteiger partial charge in [0.25, 0.3) is 0 Å². The summed E-state index contributed by atoms with van der Waals surface area (Å²) < 4.78 is 0. The lowest BCUT2D eigenvalue weighted by Gasteiger charge is -2.17. The predicted molar refractivity (Wildman–Crippen MR) is 52.0 cm³/mol. The van der Waals surface area contributed by atoms with E-state index in [0.717, 1.165) is 6.42 Å². The largest absolute Gasteiger partial charge is 0.385 e. The summed E-state index contributed by atoms with van der Waals surface area (Å²) in [7, 11) is 0. The van der Waals surface area contributed by atoms with Crippen LogP contribution in [-0.2, 0) is 4.79 Å². The average molecular weight is 174 g/mol. The molecule has 0 radical (unpaired) electrons. The maximum absolute atomic E-state index is 11.2. The predicted octanol–water partition coefficient (Wildman–Crippen LogP) is 2.25. The lowest BCUT2D eigenvalue weighted by Crippen LogP contribution is -2.30. The van der Waals surface area contributed by atoms with Crippen molar-refractivity contribution in [1.82, 2.24) is 0 Å². The van der Waals surface area contributed by atoms with Crippen LogP contribution in [0.1, 0.15) is 41.5 Å². The smallest absolute Gasteiger partial charge is 0.164 e. The Morgan fingerprint density at radius 1 is 1.33 bits per heavy atom. The van der Waals surface area contributed by atoms with Gasteiger partial charge >= 0.3 is 0 Å². The van der Waals surface area contributed by atoms with E-state index >= 15 is 0 Å². The van der Waals surface area contributed by atoms with E-state index < -0.39 is 6.10 Å². The van der Waals surface area contributed by atoms with Crippen LogP contribution < -0.4 is 0 Å². The molecule has 0 aromatic rings. The second-order valence-corrected chi connectivity index (χ2v) is 3.39. The highest BCUT2D eigenvalue weighted by molar-refractivity contribution is 5.84. The SMILES string of the molecule is C.CCC(C)[C@H](O)C(=O)C(C)C. The van der Waals surface area contributed by atoms with Crippen LogP contribution in [0.15, 0.2) is 0 Å². The van der Waals surface area contributed by atoms with Crippen molar-refractivity contribution in [2.45, 2.75) is 47.6 Å². The quantitative estimate of drug-likeness (QED) is 0.709. The molecule has 0 amide bonds. The Morgan fingerprint density at radius 2 is 1.75 bits per heavy atom. The molecule has 0 rings (SSSR count). The van der Waals surface area contributed by atoms with Crippen molar-refractivity contribution >= 4 is 5.78 Å². The maximum Gasteiger partial charge on any atom is 0.164 e. The molecule has 0 fully saturated rings. The topological polar surface area (TPSA) is 37.3 Å². The number of hydrogen-bond acceptors (Lipinski definition) is 2. The second-order valence-electron chi connectivity index (χ2n) is 3.39. The molecule has 0 heterocycles. The van der Waals surface area contributed by atoms with E-state index in [1.807, 2.05) is 27.7 Å². The molecule has 74 valence electrons. The van der Waals surface area contributed by atoms with Gasteiger partial charge in [0.1, 0.15) is 6.10 Å². The molecule has 2 atom stereocenters. The van der Waals surface area contributed by atoms with Gasteiger partial charge in [0.05, 0.1) is 0 Å². The normalized spacial score (nSPS) is 15.2. The number of rotatable bonds is 4. The first-order valence-electron chi connectivity index (χ1n) is 4.22. The van der Waals surface area contributed by atoms with Crippen molar-refractivity contribution in [3.05, 3.63) is 0 Å². The Balaban J connectivity index is 0. The Hall–Kier alpha value is -0.370. The first-order chi connectivity index (χ1) is 5.00. The molecule has 1 N–H and O–H groups in total. The molecule has 0 aliphatic carbocycles. The zero-order valence-electron chi connectivity index (χ0n) is 7.79. The monoisotopic (exact) mass is 174 g/mol. The summed E-state index contributed by atoms with van der Waals surface area (Å²) in [6.07, 6.45) is 0.0830. The van der Waals surface area contributed by atoms with E-state index in [2.05, 4.69) is 0 Å². The van der Waals surface area contributed by atoms with Gasteiger partial charge in [-0.2, -0.15) is 0 Å². The highest BCUT2D eigenvalue weighted by Crippen LogP contribution is 2.11. The van der Waals surface area contributed by atoms with Crippen molar-refractivity contribution < 1.29 is 9.90 Å². The first kappa shape index (κ1) is 14.2. The molecule has 0 saturated heterocycles. The molecule has 0 aliphatic heterocycles. The van der Waals surface area contributed by atoms with Gasteiger partial charge in [-0.3, -0.25) is 4.79 Å². The Labute approximate surface area is 76.0 Å². The summed E-state index contributed by atoms with van der Waals surface area (Å²) in [4.78, 5) is 11.2. The summed E-state index contributed by atoms with van der Waals surface area (Å²) in [6.45, 7) is 7.49. The average Bonchev–Trinajstić information content (AvgIpc) is 2.00. The molecule has 0 saturated carbocycles. The highest BCUT2D eigenvalue weighted by Gasteiger charge is 2.22. The van der Waals surface area contributed by atoms with Gasteiger partial charge in [-0.25, -0.2) is 0 Å². The van der Waals surface area contributed by atoms with Gasteiger partial charge < -0.3 is 5.11 Å². The summed E-state index contributed by atoms with van der Waals surface area (Å²) in [5, 5.41) is 9.41. The minimum atomic E-state index is -0.764. The van der Waals surface area contributed by atoms with E-state index in [0.29, 0.717) is 0 Å². The van der Waals surface area contributed by atoms with Crippen molar-refractivity contribution in [3.8, 4) is 0 Å². The lowest BCUT2D eigenvalue weighted by atomic mass is 9.93. The van der Waals surface area contributed by atoms with Crippen LogP contribution in [0.25, 0.3) is 0 Å². The van der Waals surface area contributed by atoms with Gasteiger partial charge in [-0.05, 0) is 5.92 Å². The molecule has 0 spiro atoms. The summed E-state index contributed by atoms with van der Waals surface area (Å²) >= 11 is 0. The number of Topliss-reactive ketones (excluding diaryl/α,β-unsaturated/α-hetero) is 1. The van der Waals surface area contributed by atoms with Crippen LogP contribution in [0.5, 0.6) is 0 Å². The van der Waals surface area contributed by atoms with E-state index in [1.54, 1.807) is 0 Å². The molecule has 0 aromatic carbocycles. The van der Waals surface area contributed by atoms with Crippen molar-refractivity contribution in [2.75, 3.05) is 0 Å². The summed E-state index contributed by atoms with van der Waals surface area (Å²) in [6, 6.07) is 0. The lowest BCUT2D eigenvalue weighted by molar-refractivity contribution is -0.132. The summed E-state index contributed by atoms with van der Waals surface area (Å²) in [5.41, 5.74) is 0. The third-order valence-electron chi connectivity index (χ3n) is 2.04. The molecular formula is C10H22O2. The standard InChI is InChI=1S/C9H18O2.CH4/c1-5-7(4)9(11)8(10)6(2)3;/h6-7,9,11H,5H2,1-4H3;1H4/t7?,9-;/m0./s1. The molecule has 0 aliphatic rings. The first-order valence-corrected chi connectivity index (χ1v) is 4.22. The van der Waals surface area contributed by atoms with Crippen molar-refractivity contribution in [1.29, 1.82) is 0 Å². The van der Waals surface area contributed by atoms with Crippen LogP contribution >= 0.6 is 0 Å². The van der Waals surface area contributed by atoms with Gasteiger partial charge in [0.15, 0.2) is 5.78 Å². The zero-order chi connectivity index (χ0) is 9.02. The van der Waals surface area contributed by atoms with Crippen LogP contribution in [0, 0.1) is 11.8 Å². The van der Waals surface area contributed by atoms with Gasteiger partial charge in [-0.1, -0.05) is 41.5 Å². The van der Waals surface area contributed by atoms with E-state index in [4.69, 9.17) is 0 Å². The van der Waals surface area contributed by atoms with E-state index in [1.165, 1.54) is 0 Å². The fraction of sp³-hybridized carbons (Fsp3) is 0.900. The molecule has 0 aromatic heterocycles. The molecular weight excluding hydrogens is 152 g/mol. The number of hydrogen-bond donors (Lipinski definition) is 1. The Morgan fingerprint density at radius 3 is 2.00 bits per heavy atom. The minimum Gasteiger partial charge on any atom is -0.385 e. The van der Waals surface area contributed by atoms with Gasteiger partial charge in [0, 0.05) is 5.92 Å². The maximum atomic E-state index is 11.2. The van der Waals surface area contributed by atoms with Crippen LogP contribution in [0.4, 0.5) is 0 Å². The number of aliphatic hydroxyl groups is 1. The van der Waals surface area contributed by atoms with E-state index in [9.17, 15) is 9.90 Å². The number of ketones is 1. The van der Waals surface area contributed by atoms with E-state index in [-0.39, 0.29) is 25.0 Å². The molecule has 2 heteroatoms. The van der Waals surface area contributed by atoms with Gasteiger partial charge in [-0.15, -0.1) is 0 Å². The fourth-order valence-corrected chi connectivity index (χ4v) is 0.845. The number of carbonyl (C=O) groups is 1. The van der Waals surface area contributed by atoms with Crippen molar-refractivity contribution in [2.24, 2.45) is 11.8 Å². The zero-order valence-corrected chi connectivity index (χ0v) is 7.79. The Bertz CT molecular complexity index is 130. The van der Waals surface area contributed by atoms with Gasteiger partial charge in [0.2, 0.25) is 0 Å². The van der Waals surface area contributed by atoms with Crippen LogP contribution in [0.2, 0.25) is 0 Å². The third-order valence-corrected chi connectivity index (χ3v) is 2.04. The minimum absolute atomic E-state index is 0. The summed E-state index contributed by atoms with van der Waals surface area (Å²) in [5.74, 6) is -0.0109. The molecule has 1 unspecified atom stereocenters. The van der Waals surface area contributed by atoms with Crippen molar-refractivity contribution in [3.63, 3.8) is 0 Å². The number of carbonyl (C=O) groups excluding carboxylic acids is 1. The Kier molecular flexibility index (Phi) is 7.30. The second kappa shape index (κ2) is 6.18. The molecule has 12 heavy (non-hydrogen) atoms. The highest BCUT2D eigenvalue weighted by atomic mass is 16.3. The van der Waals surface area contributed by atoms with Crippen LogP contribution in [-0.4, -0.2) is 17.0 Å². The molecule has 2 nitrogen and oxygen atoms in total. The van der Waals surface area contributed by atoms with Crippen LogP contribution in [0.3, 0.4) is 0 Å². The fourth-order valence-electron chi connectivity index (χ4n) is 0.845. The molecule has 0 bridgehead atoms. The third kappa shape index (κ3) is 3.86.